The Labute approximate surface area is 154 Å². The van der Waals surface area contributed by atoms with E-state index in [-0.39, 0.29) is 23.7 Å². The molecule has 4 nitrogen and oxygen atoms in total. The van der Waals surface area contributed by atoms with E-state index >= 15 is 0 Å². The van der Waals surface area contributed by atoms with E-state index in [9.17, 15) is 18.0 Å². The molecule has 0 heterocycles. The molecule has 2 aromatic rings. The van der Waals surface area contributed by atoms with E-state index in [1.807, 2.05) is 6.92 Å². The number of amides is 1. The summed E-state index contributed by atoms with van der Waals surface area (Å²) in [5, 5.41) is 5.26. The number of carbonyl (C=O) groups excluding carboxylic acids is 1. The number of hydrogen-bond acceptors (Lipinski definition) is 3. The van der Waals surface area contributed by atoms with Crippen LogP contribution in [-0.4, -0.2) is 19.1 Å². The van der Waals surface area contributed by atoms with Crippen molar-refractivity contribution in [1.29, 1.82) is 0 Å². The maximum Gasteiger partial charge on any atom is 0.418 e. The van der Waals surface area contributed by atoms with E-state index in [0.29, 0.717) is 6.61 Å². The van der Waals surface area contributed by atoms with Gasteiger partial charge < -0.3 is 15.4 Å². The molecule has 140 valence electrons. The van der Waals surface area contributed by atoms with E-state index in [0.717, 1.165) is 23.6 Å². The topological polar surface area (TPSA) is 50.4 Å². The van der Waals surface area contributed by atoms with Gasteiger partial charge in [-0.2, -0.15) is 13.2 Å². The molecule has 26 heavy (non-hydrogen) atoms. The molecule has 0 fully saturated rings. The normalized spacial score (nSPS) is 11.1. The first-order valence-electron chi connectivity index (χ1n) is 7.93. The standard InChI is InChI=1S/C18H18ClF3N2O2/c1-2-26-14-6-4-13(5-7-14)23-10-9-17(25)24-16-8-3-12(19)11-15(16)18(20,21)22/h3-8,11,23H,2,9-10H2,1H3,(H,24,25). The van der Waals surface area contributed by atoms with Gasteiger partial charge in [-0.3, -0.25) is 4.79 Å². The zero-order chi connectivity index (χ0) is 19.2. The molecular formula is C18H18ClF3N2O2. The minimum atomic E-state index is -4.60. The van der Waals surface area contributed by atoms with Crippen molar-refractivity contribution in [2.75, 3.05) is 23.8 Å². The highest BCUT2D eigenvalue weighted by atomic mass is 35.5. The van der Waals surface area contributed by atoms with Gasteiger partial charge in [-0.1, -0.05) is 11.6 Å². The second-order valence-corrected chi connectivity index (χ2v) is 5.81. The molecule has 0 radical (unpaired) electrons. The lowest BCUT2D eigenvalue weighted by molar-refractivity contribution is -0.137. The van der Waals surface area contributed by atoms with Crippen LogP contribution >= 0.6 is 11.6 Å². The first-order chi connectivity index (χ1) is 12.3. The van der Waals surface area contributed by atoms with Crippen LogP contribution in [0.15, 0.2) is 42.5 Å². The maximum absolute atomic E-state index is 13.0. The Morgan fingerprint density at radius 2 is 1.85 bits per heavy atom. The molecule has 0 aromatic heterocycles. The Balaban J connectivity index is 1.89. The van der Waals surface area contributed by atoms with Gasteiger partial charge in [-0.15, -0.1) is 0 Å². The van der Waals surface area contributed by atoms with Gasteiger partial charge in [0.2, 0.25) is 5.91 Å². The molecule has 0 aliphatic rings. The van der Waals surface area contributed by atoms with Crippen molar-refractivity contribution >= 4 is 28.9 Å². The third kappa shape index (κ3) is 5.84. The third-order valence-corrected chi connectivity index (χ3v) is 3.64. The SMILES string of the molecule is CCOc1ccc(NCCC(=O)Nc2ccc(Cl)cc2C(F)(F)F)cc1. The maximum atomic E-state index is 13.0. The first-order valence-corrected chi connectivity index (χ1v) is 8.30. The number of alkyl halides is 3. The van der Waals surface area contributed by atoms with Gasteiger partial charge in [0.05, 0.1) is 17.9 Å². The highest BCUT2D eigenvalue weighted by molar-refractivity contribution is 6.30. The molecule has 0 aliphatic heterocycles. The van der Waals surface area contributed by atoms with Gasteiger partial charge in [0.25, 0.3) is 0 Å². The quantitative estimate of drug-likeness (QED) is 0.687. The van der Waals surface area contributed by atoms with Crippen molar-refractivity contribution in [3.05, 3.63) is 53.1 Å². The van der Waals surface area contributed by atoms with Crippen molar-refractivity contribution in [3.63, 3.8) is 0 Å². The molecule has 0 saturated carbocycles. The molecule has 0 spiro atoms. The van der Waals surface area contributed by atoms with Crippen LogP contribution in [0.5, 0.6) is 5.75 Å². The molecule has 0 unspecified atom stereocenters. The van der Waals surface area contributed by atoms with Gasteiger partial charge in [-0.05, 0) is 49.4 Å². The van der Waals surface area contributed by atoms with Crippen molar-refractivity contribution in [1.82, 2.24) is 0 Å². The fourth-order valence-corrected chi connectivity index (χ4v) is 2.40. The lowest BCUT2D eigenvalue weighted by Crippen LogP contribution is -2.19. The molecule has 2 aromatic carbocycles. The molecule has 8 heteroatoms. The molecule has 1 amide bonds. The smallest absolute Gasteiger partial charge is 0.418 e. The number of benzene rings is 2. The molecular weight excluding hydrogens is 369 g/mol. The van der Waals surface area contributed by atoms with E-state index in [4.69, 9.17) is 16.3 Å². The highest BCUT2D eigenvalue weighted by Crippen LogP contribution is 2.36. The van der Waals surface area contributed by atoms with Crippen LogP contribution in [0.25, 0.3) is 0 Å². The fourth-order valence-electron chi connectivity index (χ4n) is 2.23. The summed E-state index contributed by atoms with van der Waals surface area (Å²) in [6, 6.07) is 10.4. The molecule has 2 rings (SSSR count). The minimum absolute atomic E-state index is 0.00708. The summed E-state index contributed by atoms with van der Waals surface area (Å²) in [5.74, 6) is 0.203. The van der Waals surface area contributed by atoms with Crippen LogP contribution in [0, 0.1) is 0 Å². The molecule has 0 bridgehead atoms. The Morgan fingerprint density at radius 3 is 2.46 bits per heavy atom. The van der Waals surface area contributed by atoms with Crippen molar-refractivity contribution in [2.45, 2.75) is 19.5 Å². The van der Waals surface area contributed by atoms with Gasteiger partial charge in [-0.25, -0.2) is 0 Å². The molecule has 0 saturated heterocycles. The van der Waals surface area contributed by atoms with E-state index in [2.05, 4.69) is 10.6 Å². The summed E-state index contributed by atoms with van der Waals surface area (Å²) >= 11 is 5.61. The molecule has 0 aliphatic carbocycles. The average Bonchev–Trinajstić information content (AvgIpc) is 2.57. The van der Waals surface area contributed by atoms with E-state index < -0.39 is 17.6 Å². The van der Waals surface area contributed by atoms with E-state index in [1.54, 1.807) is 24.3 Å². The van der Waals surface area contributed by atoms with Gasteiger partial charge in [0.15, 0.2) is 0 Å². The van der Waals surface area contributed by atoms with Crippen LogP contribution in [0.4, 0.5) is 24.5 Å². The number of rotatable bonds is 7. The lowest BCUT2D eigenvalue weighted by atomic mass is 10.1. The average molecular weight is 387 g/mol. The van der Waals surface area contributed by atoms with Gasteiger partial charge in [0.1, 0.15) is 5.75 Å². The van der Waals surface area contributed by atoms with Crippen LogP contribution in [0.1, 0.15) is 18.9 Å². The summed E-state index contributed by atoms with van der Waals surface area (Å²) in [5.41, 5.74) is -0.505. The number of halogens is 4. The van der Waals surface area contributed by atoms with E-state index in [1.165, 1.54) is 6.07 Å². The number of ether oxygens (including phenoxy) is 1. The number of hydrogen-bond donors (Lipinski definition) is 2. The third-order valence-electron chi connectivity index (χ3n) is 3.41. The van der Waals surface area contributed by atoms with Crippen LogP contribution in [0.3, 0.4) is 0 Å². The number of carbonyl (C=O) groups is 1. The van der Waals surface area contributed by atoms with Crippen molar-refractivity contribution in [2.24, 2.45) is 0 Å². The fraction of sp³-hybridized carbons (Fsp3) is 0.278. The Hall–Kier alpha value is -2.41. The predicted octanol–water partition coefficient (Wildman–Crippen LogP) is 5.20. The lowest BCUT2D eigenvalue weighted by Gasteiger charge is -2.14. The zero-order valence-corrected chi connectivity index (χ0v) is 14.7. The number of nitrogens with one attached hydrogen (secondary N) is 2. The van der Waals surface area contributed by atoms with Crippen LogP contribution in [-0.2, 0) is 11.0 Å². The predicted molar refractivity (Wildman–Crippen MR) is 95.8 cm³/mol. The largest absolute Gasteiger partial charge is 0.494 e. The Kier molecular flexibility index (Phi) is 6.74. The zero-order valence-electron chi connectivity index (χ0n) is 14.0. The van der Waals surface area contributed by atoms with Crippen molar-refractivity contribution in [3.8, 4) is 5.75 Å². The second kappa shape index (κ2) is 8.80. The minimum Gasteiger partial charge on any atom is -0.494 e. The number of anilines is 2. The molecule has 0 atom stereocenters. The summed E-state index contributed by atoms with van der Waals surface area (Å²) in [4.78, 5) is 11.9. The first kappa shape index (κ1) is 19.9. The van der Waals surface area contributed by atoms with Crippen LogP contribution in [0.2, 0.25) is 5.02 Å². The van der Waals surface area contributed by atoms with Gasteiger partial charge in [0, 0.05) is 23.7 Å². The highest BCUT2D eigenvalue weighted by Gasteiger charge is 2.34. The second-order valence-electron chi connectivity index (χ2n) is 5.37. The van der Waals surface area contributed by atoms with Gasteiger partial charge >= 0.3 is 6.18 Å². The summed E-state index contributed by atoms with van der Waals surface area (Å²) < 4.78 is 44.3. The summed E-state index contributed by atoms with van der Waals surface area (Å²) in [6.07, 6.45) is -4.60. The summed E-state index contributed by atoms with van der Waals surface area (Å²) in [6.45, 7) is 2.72. The Bertz CT molecular complexity index is 749. The molecule has 2 N–H and O–H groups in total. The van der Waals surface area contributed by atoms with Crippen LogP contribution < -0.4 is 15.4 Å². The Morgan fingerprint density at radius 1 is 1.15 bits per heavy atom. The van der Waals surface area contributed by atoms with Crippen molar-refractivity contribution < 1.29 is 22.7 Å². The summed E-state index contributed by atoms with van der Waals surface area (Å²) in [7, 11) is 0. The monoisotopic (exact) mass is 386 g/mol.